The van der Waals surface area contributed by atoms with E-state index in [9.17, 15) is 0 Å². The van der Waals surface area contributed by atoms with E-state index in [1.54, 1.807) is 0 Å². The van der Waals surface area contributed by atoms with E-state index < -0.39 is 0 Å². The minimum Gasteiger partial charge on any atom is -0.330 e. The highest BCUT2D eigenvalue weighted by atomic mass is 14.5. The van der Waals surface area contributed by atoms with E-state index >= 15 is 0 Å². The molecule has 0 aliphatic rings. The van der Waals surface area contributed by atoms with E-state index in [2.05, 4.69) is 50.2 Å². The number of hydrogen-bond acceptors (Lipinski definition) is 1. The molecule has 2 rings (SSSR count). The van der Waals surface area contributed by atoms with Crippen LogP contribution in [0.25, 0.3) is 10.8 Å². The molecule has 1 unspecified atom stereocenters. The highest BCUT2D eigenvalue weighted by molar-refractivity contribution is 5.83. The zero-order valence-electron chi connectivity index (χ0n) is 10.7. The number of nitrogens with two attached hydrogens (primary N) is 1. The van der Waals surface area contributed by atoms with Crippen molar-refractivity contribution >= 4 is 10.8 Å². The Balaban J connectivity index is 2.17. The van der Waals surface area contributed by atoms with Crippen LogP contribution in [0.3, 0.4) is 0 Å². The third-order valence-corrected chi connectivity index (χ3v) is 3.39. The summed E-state index contributed by atoms with van der Waals surface area (Å²) in [6.45, 7) is 5.13. The third-order valence-electron chi connectivity index (χ3n) is 3.39. The summed E-state index contributed by atoms with van der Waals surface area (Å²) in [6, 6.07) is 13.4. The predicted octanol–water partition coefficient (Wildman–Crippen LogP) is 3.68. The zero-order valence-corrected chi connectivity index (χ0v) is 10.7. The number of benzene rings is 2. The van der Waals surface area contributed by atoms with Crippen molar-refractivity contribution < 1.29 is 0 Å². The van der Waals surface area contributed by atoms with Crippen LogP contribution in [0.5, 0.6) is 0 Å². The molecule has 0 saturated heterocycles. The fraction of sp³-hybridized carbons (Fsp3) is 0.375. The minimum absolute atomic E-state index is 0.615. The Morgan fingerprint density at radius 1 is 1.06 bits per heavy atom. The number of fused-ring (bicyclic) bond motifs is 1. The van der Waals surface area contributed by atoms with Crippen molar-refractivity contribution in [3.05, 3.63) is 47.5 Å². The predicted molar refractivity (Wildman–Crippen MR) is 75.2 cm³/mol. The molecule has 1 heteroatoms. The third kappa shape index (κ3) is 3.07. The first kappa shape index (κ1) is 12.1. The van der Waals surface area contributed by atoms with Crippen LogP contribution in [-0.4, -0.2) is 6.54 Å². The Morgan fingerprint density at radius 3 is 2.53 bits per heavy atom. The second-order valence-electron chi connectivity index (χ2n) is 5.06. The lowest BCUT2D eigenvalue weighted by atomic mass is 9.98. The number of aryl methyl sites for hydroxylation is 2. The lowest BCUT2D eigenvalue weighted by Gasteiger charge is -2.09. The molecule has 1 nitrogen and oxygen atoms in total. The van der Waals surface area contributed by atoms with Crippen LogP contribution >= 0.6 is 0 Å². The van der Waals surface area contributed by atoms with Crippen LogP contribution in [0, 0.1) is 12.8 Å². The van der Waals surface area contributed by atoms with E-state index in [-0.39, 0.29) is 0 Å². The van der Waals surface area contributed by atoms with Crippen molar-refractivity contribution in [3.8, 4) is 0 Å². The Bertz CT molecular complexity index is 502. The molecule has 2 N–H and O–H groups in total. The fourth-order valence-corrected chi connectivity index (χ4v) is 2.10. The molecule has 2 aromatic carbocycles. The number of hydrogen-bond donors (Lipinski definition) is 1. The average Bonchev–Trinajstić information content (AvgIpc) is 2.35. The van der Waals surface area contributed by atoms with Gasteiger partial charge in [-0.1, -0.05) is 48.9 Å². The molecule has 0 spiro atoms. The van der Waals surface area contributed by atoms with E-state index in [0.717, 1.165) is 13.0 Å². The van der Waals surface area contributed by atoms with Gasteiger partial charge < -0.3 is 5.73 Å². The molecule has 0 amide bonds. The van der Waals surface area contributed by atoms with Crippen LogP contribution in [-0.2, 0) is 6.42 Å². The van der Waals surface area contributed by atoms with Gasteiger partial charge in [0.2, 0.25) is 0 Å². The van der Waals surface area contributed by atoms with Crippen molar-refractivity contribution in [1.82, 2.24) is 0 Å². The summed E-state index contributed by atoms with van der Waals surface area (Å²) < 4.78 is 0. The molecule has 2 aromatic rings. The molecule has 0 fully saturated rings. The Kier molecular flexibility index (Phi) is 3.80. The standard InChI is InChI=1S/C16H21N/c1-12-4-7-16-10-14(5-3-13(2)11-17)6-8-15(16)9-12/h4,6-10,13H,3,5,11,17H2,1-2H3. The van der Waals surface area contributed by atoms with Crippen LogP contribution in [0.1, 0.15) is 24.5 Å². The maximum absolute atomic E-state index is 5.64. The summed E-state index contributed by atoms with van der Waals surface area (Å²) in [7, 11) is 0. The highest BCUT2D eigenvalue weighted by Crippen LogP contribution is 2.19. The van der Waals surface area contributed by atoms with Gasteiger partial charge in [0.15, 0.2) is 0 Å². The Morgan fingerprint density at radius 2 is 1.76 bits per heavy atom. The fourth-order valence-electron chi connectivity index (χ4n) is 2.10. The first-order valence-corrected chi connectivity index (χ1v) is 6.38. The summed E-state index contributed by atoms with van der Waals surface area (Å²) in [6.07, 6.45) is 2.30. The summed E-state index contributed by atoms with van der Waals surface area (Å²) in [4.78, 5) is 0. The van der Waals surface area contributed by atoms with Crippen LogP contribution in [0.15, 0.2) is 36.4 Å². The normalized spacial score (nSPS) is 12.9. The molecule has 17 heavy (non-hydrogen) atoms. The summed E-state index contributed by atoms with van der Waals surface area (Å²) >= 11 is 0. The average molecular weight is 227 g/mol. The van der Waals surface area contributed by atoms with Crippen molar-refractivity contribution in [2.24, 2.45) is 11.7 Å². The van der Waals surface area contributed by atoms with Gasteiger partial charge >= 0.3 is 0 Å². The van der Waals surface area contributed by atoms with Crippen molar-refractivity contribution in [3.63, 3.8) is 0 Å². The Labute approximate surface area is 104 Å². The van der Waals surface area contributed by atoms with Crippen molar-refractivity contribution in [1.29, 1.82) is 0 Å². The SMILES string of the molecule is Cc1ccc2cc(CCC(C)CN)ccc2c1. The second-order valence-corrected chi connectivity index (χ2v) is 5.06. The molecule has 90 valence electrons. The van der Waals surface area contributed by atoms with Gasteiger partial charge in [0.25, 0.3) is 0 Å². The summed E-state index contributed by atoms with van der Waals surface area (Å²) in [5.74, 6) is 0.615. The lowest BCUT2D eigenvalue weighted by molar-refractivity contribution is 0.545. The van der Waals surface area contributed by atoms with Gasteiger partial charge in [-0.15, -0.1) is 0 Å². The van der Waals surface area contributed by atoms with Crippen LogP contribution in [0.4, 0.5) is 0 Å². The van der Waals surface area contributed by atoms with Gasteiger partial charge in [-0.2, -0.15) is 0 Å². The van der Waals surface area contributed by atoms with Crippen LogP contribution in [0.2, 0.25) is 0 Å². The van der Waals surface area contributed by atoms with Crippen molar-refractivity contribution in [2.45, 2.75) is 26.7 Å². The number of rotatable bonds is 4. The summed E-state index contributed by atoms with van der Waals surface area (Å²) in [5.41, 5.74) is 8.38. The van der Waals surface area contributed by atoms with E-state index in [1.165, 1.54) is 28.3 Å². The molecule has 0 aliphatic carbocycles. The molecule has 0 heterocycles. The topological polar surface area (TPSA) is 26.0 Å². The smallest absolute Gasteiger partial charge is 0.00514 e. The molecule has 0 saturated carbocycles. The van der Waals surface area contributed by atoms with Gasteiger partial charge in [-0.3, -0.25) is 0 Å². The van der Waals surface area contributed by atoms with E-state index in [0.29, 0.717) is 5.92 Å². The zero-order chi connectivity index (χ0) is 12.3. The van der Waals surface area contributed by atoms with Gasteiger partial charge in [0.1, 0.15) is 0 Å². The quantitative estimate of drug-likeness (QED) is 0.847. The highest BCUT2D eigenvalue weighted by Gasteiger charge is 2.01. The molecule has 0 aliphatic heterocycles. The van der Waals surface area contributed by atoms with Gasteiger partial charge in [-0.25, -0.2) is 0 Å². The Hall–Kier alpha value is -1.34. The first-order valence-electron chi connectivity index (χ1n) is 6.38. The van der Waals surface area contributed by atoms with Crippen molar-refractivity contribution in [2.75, 3.05) is 6.54 Å². The molecule has 0 bridgehead atoms. The largest absolute Gasteiger partial charge is 0.330 e. The van der Waals surface area contributed by atoms with E-state index in [4.69, 9.17) is 5.73 Å². The monoisotopic (exact) mass is 227 g/mol. The molecular formula is C16H21N. The minimum atomic E-state index is 0.615. The summed E-state index contributed by atoms with van der Waals surface area (Å²) in [5, 5.41) is 2.68. The van der Waals surface area contributed by atoms with Gasteiger partial charge in [0.05, 0.1) is 0 Å². The molecule has 0 radical (unpaired) electrons. The van der Waals surface area contributed by atoms with Crippen LogP contribution < -0.4 is 5.73 Å². The second kappa shape index (κ2) is 5.33. The molecule has 1 atom stereocenters. The molecular weight excluding hydrogens is 206 g/mol. The van der Waals surface area contributed by atoms with Gasteiger partial charge in [0, 0.05) is 0 Å². The maximum atomic E-state index is 5.64. The van der Waals surface area contributed by atoms with E-state index in [1.807, 2.05) is 0 Å². The molecule has 0 aromatic heterocycles. The lowest BCUT2D eigenvalue weighted by Crippen LogP contribution is -2.11. The first-order chi connectivity index (χ1) is 8.19. The maximum Gasteiger partial charge on any atom is -0.00514 e. The van der Waals surface area contributed by atoms with Gasteiger partial charge in [-0.05, 0) is 48.6 Å².